The number of hydrazine groups is 1. The van der Waals surface area contributed by atoms with Crippen molar-refractivity contribution in [2.75, 3.05) is 7.11 Å². The minimum atomic E-state index is -0.356. The van der Waals surface area contributed by atoms with E-state index in [1.54, 1.807) is 7.11 Å². The van der Waals surface area contributed by atoms with Crippen LogP contribution in [0.25, 0.3) is 0 Å². The number of benzene rings is 1. The topological polar surface area (TPSA) is 75.5 Å². The molecule has 2 atom stereocenters. The third kappa shape index (κ3) is 3.47. The SMILES string of the molecule is COc1ccccc1C1(NC(=O)C2CC(c3ccc(C)o3)NN2)CCCC1. The molecule has 1 saturated heterocycles. The van der Waals surface area contributed by atoms with Crippen LogP contribution >= 0.6 is 0 Å². The monoisotopic (exact) mass is 369 g/mol. The van der Waals surface area contributed by atoms with E-state index in [2.05, 4.69) is 22.2 Å². The first-order valence-electron chi connectivity index (χ1n) is 9.64. The van der Waals surface area contributed by atoms with Gasteiger partial charge in [-0.15, -0.1) is 0 Å². The molecule has 2 unspecified atom stereocenters. The van der Waals surface area contributed by atoms with Gasteiger partial charge in [0.05, 0.1) is 18.7 Å². The standard InChI is InChI=1S/C21H27N3O3/c1-14-9-10-19(27-14)16-13-17(24-23-16)20(25)22-21(11-5-6-12-21)15-7-3-4-8-18(15)26-2/h3-4,7-10,16-17,23-24H,5-6,11-13H2,1-2H3,(H,22,25). The number of methoxy groups -OCH3 is 1. The molecule has 3 N–H and O–H groups in total. The summed E-state index contributed by atoms with van der Waals surface area (Å²) in [5.74, 6) is 2.58. The minimum absolute atomic E-state index is 0.000222. The molecule has 1 aliphatic carbocycles. The van der Waals surface area contributed by atoms with Crippen LogP contribution in [-0.4, -0.2) is 19.1 Å². The van der Waals surface area contributed by atoms with Crippen molar-refractivity contribution < 1.29 is 13.9 Å². The molecule has 144 valence electrons. The van der Waals surface area contributed by atoms with Crippen LogP contribution in [0.1, 0.15) is 55.2 Å². The van der Waals surface area contributed by atoms with E-state index >= 15 is 0 Å². The van der Waals surface area contributed by atoms with E-state index in [0.29, 0.717) is 6.42 Å². The van der Waals surface area contributed by atoms with Crippen LogP contribution in [0.15, 0.2) is 40.8 Å². The molecular weight excluding hydrogens is 342 g/mol. The fourth-order valence-electron chi connectivity index (χ4n) is 4.36. The van der Waals surface area contributed by atoms with Gasteiger partial charge < -0.3 is 14.5 Å². The largest absolute Gasteiger partial charge is 0.496 e. The maximum atomic E-state index is 13.1. The normalized spacial score (nSPS) is 24.1. The number of amides is 1. The first-order chi connectivity index (χ1) is 13.1. The molecule has 6 nitrogen and oxygen atoms in total. The number of ether oxygens (including phenoxy) is 1. The van der Waals surface area contributed by atoms with E-state index in [4.69, 9.17) is 9.15 Å². The second-order valence-corrected chi connectivity index (χ2v) is 7.56. The van der Waals surface area contributed by atoms with Crippen LogP contribution in [0.5, 0.6) is 5.75 Å². The lowest BCUT2D eigenvalue weighted by molar-refractivity contribution is -0.125. The zero-order valence-electron chi connectivity index (χ0n) is 15.9. The third-order valence-electron chi connectivity index (χ3n) is 5.77. The fourth-order valence-corrected chi connectivity index (χ4v) is 4.36. The van der Waals surface area contributed by atoms with Crippen molar-refractivity contribution in [3.05, 3.63) is 53.5 Å². The zero-order chi connectivity index (χ0) is 18.9. The lowest BCUT2D eigenvalue weighted by atomic mass is 9.86. The van der Waals surface area contributed by atoms with Crippen molar-refractivity contribution in [1.29, 1.82) is 0 Å². The quantitative estimate of drug-likeness (QED) is 0.755. The van der Waals surface area contributed by atoms with E-state index in [1.807, 2.05) is 37.3 Å². The van der Waals surface area contributed by atoms with E-state index in [1.165, 1.54) is 0 Å². The molecular formula is C21H27N3O3. The smallest absolute Gasteiger partial charge is 0.239 e. The predicted octanol–water partition coefficient (Wildman–Crippen LogP) is 3.09. The van der Waals surface area contributed by atoms with Gasteiger partial charge in [-0.1, -0.05) is 31.0 Å². The molecule has 2 heterocycles. The van der Waals surface area contributed by atoms with Gasteiger partial charge in [-0.3, -0.25) is 4.79 Å². The summed E-state index contributed by atoms with van der Waals surface area (Å²) in [6.07, 6.45) is 4.72. The van der Waals surface area contributed by atoms with Crippen molar-refractivity contribution in [1.82, 2.24) is 16.2 Å². The van der Waals surface area contributed by atoms with Gasteiger partial charge in [0.15, 0.2) is 0 Å². The molecule has 27 heavy (non-hydrogen) atoms. The second kappa shape index (κ2) is 7.37. The number of hydrogen-bond donors (Lipinski definition) is 3. The molecule has 2 aromatic rings. The number of furan rings is 1. The van der Waals surface area contributed by atoms with Gasteiger partial charge in [-0.2, -0.15) is 0 Å². The molecule has 1 aliphatic heterocycles. The summed E-state index contributed by atoms with van der Waals surface area (Å²) < 4.78 is 11.3. The molecule has 6 heteroatoms. The van der Waals surface area contributed by atoms with Crippen LogP contribution in [0, 0.1) is 6.92 Å². The molecule has 2 aliphatic rings. The van der Waals surface area contributed by atoms with Crippen LogP contribution in [0.4, 0.5) is 0 Å². The van der Waals surface area contributed by atoms with Gasteiger partial charge in [-0.05, 0) is 44.4 Å². The molecule has 1 amide bonds. The van der Waals surface area contributed by atoms with E-state index in [9.17, 15) is 4.79 Å². The number of rotatable bonds is 5. The Balaban J connectivity index is 1.50. The Kier molecular flexibility index (Phi) is 4.93. The first-order valence-corrected chi connectivity index (χ1v) is 9.64. The average molecular weight is 369 g/mol. The number of carbonyl (C=O) groups excluding carboxylic acids is 1. The second-order valence-electron chi connectivity index (χ2n) is 7.56. The highest BCUT2D eigenvalue weighted by molar-refractivity contribution is 5.83. The highest BCUT2D eigenvalue weighted by atomic mass is 16.5. The maximum Gasteiger partial charge on any atom is 0.239 e. The summed E-state index contributed by atoms with van der Waals surface area (Å²) in [6.45, 7) is 1.92. The maximum absolute atomic E-state index is 13.1. The first kappa shape index (κ1) is 18.1. The lowest BCUT2D eigenvalue weighted by Gasteiger charge is -2.33. The Morgan fingerprint density at radius 2 is 1.96 bits per heavy atom. The molecule has 4 rings (SSSR count). The van der Waals surface area contributed by atoms with Gasteiger partial charge in [0.1, 0.15) is 23.3 Å². The Bertz CT molecular complexity index is 811. The molecule has 0 spiro atoms. The summed E-state index contributed by atoms with van der Waals surface area (Å²) in [4.78, 5) is 13.1. The number of para-hydroxylation sites is 1. The predicted molar refractivity (Wildman–Crippen MR) is 102 cm³/mol. The Labute approximate surface area is 159 Å². The number of nitrogens with one attached hydrogen (secondary N) is 3. The number of aryl methyl sites for hydroxylation is 1. The van der Waals surface area contributed by atoms with Crippen molar-refractivity contribution in [2.24, 2.45) is 0 Å². The van der Waals surface area contributed by atoms with E-state index in [-0.39, 0.29) is 23.5 Å². The zero-order valence-corrected chi connectivity index (χ0v) is 15.9. The van der Waals surface area contributed by atoms with Gasteiger partial charge in [0.25, 0.3) is 0 Å². The highest BCUT2D eigenvalue weighted by Gasteiger charge is 2.41. The van der Waals surface area contributed by atoms with Crippen molar-refractivity contribution in [2.45, 2.75) is 56.7 Å². The molecule has 1 aromatic heterocycles. The summed E-state index contributed by atoms with van der Waals surface area (Å²) in [7, 11) is 1.68. The fraction of sp³-hybridized carbons (Fsp3) is 0.476. The van der Waals surface area contributed by atoms with E-state index in [0.717, 1.165) is 48.5 Å². The van der Waals surface area contributed by atoms with Gasteiger partial charge in [-0.25, -0.2) is 10.9 Å². The van der Waals surface area contributed by atoms with Crippen LogP contribution < -0.4 is 20.9 Å². The van der Waals surface area contributed by atoms with Crippen LogP contribution in [0.3, 0.4) is 0 Å². The van der Waals surface area contributed by atoms with Gasteiger partial charge >= 0.3 is 0 Å². The Morgan fingerprint density at radius 3 is 2.67 bits per heavy atom. The Morgan fingerprint density at radius 1 is 1.19 bits per heavy atom. The van der Waals surface area contributed by atoms with Crippen molar-refractivity contribution in [3.63, 3.8) is 0 Å². The minimum Gasteiger partial charge on any atom is -0.496 e. The highest BCUT2D eigenvalue weighted by Crippen LogP contribution is 2.42. The summed E-state index contributed by atoms with van der Waals surface area (Å²) in [5, 5.41) is 3.35. The molecule has 0 radical (unpaired) electrons. The van der Waals surface area contributed by atoms with Crippen LogP contribution in [-0.2, 0) is 10.3 Å². The lowest BCUT2D eigenvalue weighted by Crippen LogP contribution is -2.51. The molecule has 0 bridgehead atoms. The van der Waals surface area contributed by atoms with E-state index < -0.39 is 0 Å². The molecule has 1 aromatic carbocycles. The number of hydrogen-bond acceptors (Lipinski definition) is 5. The van der Waals surface area contributed by atoms with Gasteiger partial charge in [0, 0.05) is 5.56 Å². The van der Waals surface area contributed by atoms with Gasteiger partial charge in [0.2, 0.25) is 5.91 Å². The average Bonchev–Trinajstić information content (AvgIpc) is 3.42. The molecule has 1 saturated carbocycles. The molecule has 2 fully saturated rings. The number of carbonyl (C=O) groups is 1. The summed E-state index contributed by atoms with van der Waals surface area (Å²) in [6, 6.07) is 11.6. The Hall–Kier alpha value is -2.31. The van der Waals surface area contributed by atoms with Crippen LogP contribution in [0.2, 0.25) is 0 Å². The summed E-state index contributed by atoms with van der Waals surface area (Å²) in [5.41, 5.74) is 7.04. The van der Waals surface area contributed by atoms with Crippen molar-refractivity contribution in [3.8, 4) is 5.75 Å². The summed E-state index contributed by atoms with van der Waals surface area (Å²) >= 11 is 0. The van der Waals surface area contributed by atoms with Crippen molar-refractivity contribution >= 4 is 5.91 Å². The third-order valence-corrected chi connectivity index (χ3v) is 5.77.